The Morgan fingerprint density at radius 2 is 1.85 bits per heavy atom. The number of nitrogens with zero attached hydrogens (tertiary/aromatic N) is 6. The summed E-state index contributed by atoms with van der Waals surface area (Å²) < 4.78 is 8.82. The van der Waals surface area contributed by atoms with Crippen molar-refractivity contribution in [2.75, 3.05) is 57.0 Å². The topological polar surface area (TPSA) is 85.3 Å². The molecule has 0 aliphatic carbocycles. The first kappa shape index (κ1) is 31.7. The van der Waals surface area contributed by atoms with Crippen LogP contribution in [0, 0.1) is 0 Å². The maximum Gasteiger partial charge on any atom is 0.319 e. The van der Waals surface area contributed by atoms with E-state index in [1.54, 1.807) is 18.0 Å². The fourth-order valence-electron chi connectivity index (χ4n) is 8.75. The Morgan fingerprint density at radius 3 is 2.60 bits per heavy atom. The van der Waals surface area contributed by atoms with E-state index in [4.69, 9.17) is 14.7 Å². The average Bonchev–Trinajstić information content (AvgIpc) is 3.80. The molecule has 2 bridgehead atoms. The lowest BCUT2D eigenvalue weighted by Gasteiger charge is -2.42. The van der Waals surface area contributed by atoms with Crippen molar-refractivity contribution in [3.63, 3.8) is 0 Å². The standard InChI is InChI=1S/C38H46N6O3S/c1-3-14-38(15-6-16-41(38)2)25-47-37-39-34-20-27(33-21-30(45)19-26-8-4-5-9-31(26)33)10-13-32(34)36(40-37)42-22-28-11-12-29(23-42)44(28)35(46)24-43-17-7-18-48-43/h4-5,8-10,13,19-21,28-29,45H,3,6-7,11-12,14-18,22-25H2,1-2H3. The van der Waals surface area contributed by atoms with Crippen molar-refractivity contribution in [2.45, 2.75) is 69.5 Å². The van der Waals surface area contributed by atoms with Crippen molar-refractivity contribution in [1.29, 1.82) is 0 Å². The van der Waals surface area contributed by atoms with Crippen molar-refractivity contribution in [3.05, 3.63) is 54.6 Å². The molecule has 4 saturated heterocycles. The van der Waals surface area contributed by atoms with Gasteiger partial charge in [0, 0.05) is 42.9 Å². The minimum Gasteiger partial charge on any atom is -0.508 e. The van der Waals surface area contributed by atoms with Crippen LogP contribution in [0.2, 0.25) is 0 Å². The third kappa shape index (κ3) is 5.86. The molecular formula is C38H46N6O3S. The number of likely N-dealkylation sites (N-methyl/N-ethyl adjacent to an activating group) is 1. The molecule has 5 heterocycles. The van der Waals surface area contributed by atoms with Crippen molar-refractivity contribution in [3.8, 4) is 22.9 Å². The zero-order valence-corrected chi connectivity index (χ0v) is 28.9. The number of carbonyl (C=O) groups is 1. The van der Waals surface area contributed by atoms with E-state index in [0.29, 0.717) is 19.2 Å². The molecule has 4 fully saturated rings. The highest BCUT2D eigenvalue weighted by molar-refractivity contribution is 7.97. The zero-order chi connectivity index (χ0) is 32.8. The predicted molar refractivity (Wildman–Crippen MR) is 194 cm³/mol. The molecule has 3 aromatic carbocycles. The van der Waals surface area contributed by atoms with Crippen LogP contribution in [-0.2, 0) is 4.79 Å². The second-order valence-electron chi connectivity index (χ2n) is 14.2. The number of phenolic OH excluding ortho intramolecular Hbond substituents is 1. The van der Waals surface area contributed by atoms with E-state index in [1.165, 1.54) is 6.42 Å². The number of hydrogen-bond donors (Lipinski definition) is 1. The van der Waals surface area contributed by atoms with Gasteiger partial charge in [-0.1, -0.05) is 55.6 Å². The molecule has 48 heavy (non-hydrogen) atoms. The van der Waals surface area contributed by atoms with E-state index >= 15 is 0 Å². The van der Waals surface area contributed by atoms with E-state index in [-0.39, 0.29) is 29.3 Å². The van der Waals surface area contributed by atoms with Gasteiger partial charge in [-0.15, -0.1) is 0 Å². The van der Waals surface area contributed by atoms with Gasteiger partial charge in [0.05, 0.1) is 17.6 Å². The second-order valence-corrected chi connectivity index (χ2v) is 15.4. The normalized spacial score (nSPS) is 24.7. The van der Waals surface area contributed by atoms with Gasteiger partial charge in [0.25, 0.3) is 0 Å². The van der Waals surface area contributed by atoms with Crippen LogP contribution in [-0.4, -0.2) is 105 Å². The number of fused-ring (bicyclic) bond motifs is 4. The molecule has 0 spiro atoms. The molecule has 4 aliphatic rings. The van der Waals surface area contributed by atoms with Crippen LogP contribution in [0.1, 0.15) is 51.9 Å². The molecule has 252 valence electrons. The quantitative estimate of drug-likeness (QED) is 0.206. The highest BCUT2D eigenvalue weighted by atomic mass is 32.2. The molecule has 0 saturated carbocycles. The molecule has 0 radical (unpaired) electrons. The fraction of sp³-hybridized carbons (Fsp3) is 0.500. The van der Waals surface area contributed by atoms with Crippen LogP contribution in [0.5, 0.6) is 11.8 Å². The molecular weight excluding hydrogens is 621 g/mol. The van der Waals surface area contributed by atoms with Gasteiger partial charge >= 0.3 is 6.01 Å². The molecule has 4 aliphatic heterocycles. The highest BCUT2D eigenvalue weighted by Crippen LogP contribution is 2.39. The molecule has 3 unspecified atom stereocenters. The van der Waals surface area contributed by atoms with E-state index in [0.717, 1.165) is 109 Å². The monoisotopic (exact) mass is 666 g/mol. The summed E-state index contributed by atoms with van der Waals surface area (Å²) in [6, 6.07) is 18.9. The van der Waals surface area contributed by atoms with Gasteiger partial charge in [-0.2, -0.15) is 9.97 Å². The third-order valence-electron chi connectivity index (χ3n) is 11.2. The number of aromatic hydroxyl groups is 1. The van der Waals surface area contributed by atoms with E-state index in [1.807, 2.05) is 24.3 Å². The third-order valence-corrected chi connectivity index (χ3v) is 12.3. The SMILES string of the molecule is CCCC1(COc2nc(N3CC4CCC(C3)N4C(=O)CN3CCCS3)c3ccc(-c4cc(O)cc5ccccc45)cc3n2)CCCN1C. The molecule has 1 aromatic heterocycles. The van der Waals surface area contributed by atoms with Crippen LogP contribution in [0.15, 0.2) is 54.6 Å². The lowest BCUT2D eigenvalue weighted by Crippen LogP contribution is -2.57. The second kappa shape index (κ2) is 13.0. The number of aromatic nitrogens is 2. The number of phenols is 1. The van der Waals surface area contributed by atoms with Crippen molar-refractivity contribution in [1.82, 2.24) is 24.1 Å². The largest absolute Gasteiger partial charge is 0.508 e. The van der Waals surface area contributed by atoms with Gasteiger partial charge < -0.3 is 19.6 Å². The molecule has 1 N–H and O–H groups in total. The molecule has 4 aromatic rings. The average molecular weight is 667 g/mol. The minimum absolute atomic E-state index is 0.00567. The number of benzene rings is 3. The molecule has 1 amide bonds. The first-order valence-electron chi connectivity index (χ1n) is 17.7. The summed E-state index contributed by atoms with van der Waals surface area (Å²) in [4.78, 5) is 30.7. The van der Waals surface area contributed by atoms with Crippen molar-refractivity contribution < 1.29 is 14.6 Å². The Morgan fingerprint density at radius 1 is 1.02 bits per heavy atom. The van der Waals surface area contributed by atoms with E-state index < -0.39 is 0 Å². The zero-order valence-electron chi connectivity index (χ0n) is 28.1. The van der Waals surface area contributed by atoms with Gasteiger partial charge in [-0.3, -0.25) is 9.69 Å². The number of ether oxygens (including phenoxy) is 1. The van der Waals surface area contributed by atoms with E-state index in [2.05, 4.69) is 57.2 Å². The Labute approximate surface area is 287 Å². The Balaban J connectivity index is 1.15. The lowest BCUT2D eigenvalue weighted by atomic mass is 9.92. The van der Waals surface area contributed by atoms with Crippen LogP contribution >= 0.6 is 11.9 Å². The van der Waals surface area contributed by atoms with E-state index in [9.17, 15) is 9.90 Å². The van der Waals surface area contributed by atoms with Gasteiger partial charge in [0.15, 0.2) is 0 Å². The number of likely N-dealkylation sites (tertiary alicyclic amines) is 1. The van der Waals surface area contributed by atoms with Gasteiger partial charge in [-0.05, 0) is 98.3 Å². The molecule has 8 rings (SSSR count). The van der Waals surface area contributed by atoms with Crippen molar-refractivity contribution >= 4 is 45.3 Å². The maximum absolute atomic E-state index is 13.5. The number of rotatable bonds is 9. The van der Waals surface area contributed by atoms with Crippen molar-refractivity contribution in [2.24, 2.45) is 0 Å². The van der Waals surface area contributed by atoms with Gasteiger partial charge in [0.2, 0.25) is 5.91 Å². The smallest absolute Gasteiger partial charge is 0.319 e. The Bertz CT molecular complexity index is 1820. The summed E-state index contributed by atoms with van der Waals surface area (Å²) >= 11 is 1.80. The van der Waals surface area contributed by atoms with Crippen LogP contribution in [0.25, 0.3) is 32.8 Å². The minimum atomic E-state index is -0.00567. The lowest BCUT2D eigenvalue weighted by molar-refractivity contribution is -0.134. The molecule has 9 nitrogen and oxygen atoms in total. The maximum atomic E-state index is 13.5. The van der Waals surface area contributed by atoms with Crippen LogP contribution in [0.4, 0.5) is 5.82 Å². The summed E-state index contributed by atoms with van der Waals surface area (Å²) in [5.74, 6) is 2.49. The summed E-state index contributed by atoms with van der Waals surface area (Å²) in [6.45, 7) is 6.89. The fourth-order valence-corrected chi connectivity index (χ4v) is 9.72. The molecule has 10 heteroatoms. The summed E-state index contributed by atoms with van der Waals surface area (Å²) in [5, 5.41) is 13.7. The Hall–Kier alpha value is -3.60. The van der Waals surface area contributed by atoms with Crippen LogP contribution in [0.3, 0.4) is 0 Å². The predicted octanol–water partition coefficient (Wildman–Crippen LogP) is 6.33. The number of carbonyl (C=O) groups excluding carboxylic acids is 1. The first-order chi connectivity index (χ1) is 23.4. The number of hydrogen-bond acceptors (Lipinski definition) is 9. The number of amides is 1. The number of anilines is 1. The highest BCUT2D eigenvalue weighted by Gasteiger charge is 2.44. The van der Waals surface area contributed by atoms with Crippen LogP contribution < -0.4 is 9.64 Å². The summed E-state index contributed by atoms with van der Waals surface area (Å²) in [6.07, 6.45) is 7.66. The first-order valence-corrected chi connectivity index (χ1v) is 18.7. The van der Waals surface area contributed by atoms with Gasteiger partial charge in [-0.25, -0.2) is 4.31 Å². The summed E-state index contributed by atoms with van der Waals surface area (Å²) in [5.41, 5.74) is 2.76. The van der Waals surface area contributed by atoms with Gasteiger partial charge in [0.1, 0.15) is 18.2 Å². The Kier molecular flexibility index (Phi) is 8.59. The number of piperazine rings is 1. The molecule has 3 atom stereocenters. The summed E-state index contributed by atoms with van der Waals surface area (Å²) in [7, 11) is 2.21.